The second-order valence-electron chi connectivity index (χ2n) is 2.31. The van der Waals surface area contributed by atoms with Gasteiger partial charge in [-0.25, -0.2) is 4.39 Å². The lowest BCUT2D eigenvalue weighted by molar-refractivity contribution is 0.341. The summed E-state index contributed by atoms with van der Waals surface area (Å²) in [6.45, 7) is 2.31. The van der Waals surface area contributed by atoms with Crippen molar-refractivity contribution in [1.29, 1.82) is 0 Å². The van der Waals surface area contributed by atoms with E-state index in [0.29, 0.717) is 12.4 Å². The Hall–Kier alpha value is -1.31. The Balaban J connectivity index is 2.57. The molecule has 0 amide bonds. The van der Waals surface area contributed by atoms with Gasteiger partial charge in [-0.2, -0.15) is 0 Å². The largest absolute Gasteiger partial charge is 0.486 e. The maximum atomic E-state index is 12.9. The molecule has 0 aliphatic rings. The summed E-state index contributed by atoms with van der Waals surface area (Å²) in [4.78, 5) is 0. The number of rotatable bonds is 3. The first-order chi connectivity index (χ1) is 5.84. The van der Waals surface area contributed by atoms with Gasteiger partial charge in [-0.3, -0.25) is 0 Å². The number of hydrogen-bond acceptors (Lipinski definition) is 1. The van der Waals surface area contributed by atoms with Gasteiger partial charge in [0.1, 0.15) is 6.61 Å². The molecule has 0 aliphatic carbocycles. The molecule has 0 spiro atoms. The minimum Gasteiger partial charge on any atom is -0.486 e. The van der Waals surface area contributed by atoms with Gasteiger partial charge < -0.3 is 4.74 Å². The van der Waals surface area contributed by atoms with E-state index >= 15 is 0 Å². The Bertz CT molecular complexity index is 268. The molecule has 0 saturated heterocycles. The van der Waals surface area contributed by atoms with Crippen molar-refractivity contribution in [3.8, 4) is 5.75 Å². The van der Waals surface area contributed by atoms with Gasteiger partial charge in [0.05, 0.1) is 0 Å². The van der Waals surface area contributed by atoms with Gasteiger partial charge >= 0.3 is 0 Å². The lowest BCUT2D eigenvalue weighted by Crippen LogP contribution is -1.94. The van der Waals surface area contributed by atoms with Crippen LogP contribution in [0.5, 0.6) is 5.75 Å². The molecule has 0 N–H and O–H groups in total. The van der Waals surface area contributed by atoms with Crippen molar-refractivity contribution in [1.82, 2.24) is 0 Å². The highest BCUT2D eigenvalue weighted by Crippen LogP contribution is 2.14. The van der Waals surface area contributed by atoms with Gasteiger partial charge in [0.2, 0.25) is 0 Å². The molecule has 0 atom stereocenters. The van der Waals surface area contributed by atoms with Gasteiger partial charge in [-0.1, -0.05) is 24.3 Å². The summed E-state index contributed by atoms with van der Waals surface area (Å²) in [5, 5.41) is 0. The van der Waals surface area contributed by atoms with Crippen LogP contribution < -0.4 is 4.74 Å². The van der Waals surface area contributed by atoms with E-state index in [2.05, 4.69) is 0 Å². The first kappa shape index (κ1) is 8.78. The Labute approximate surface area is 71.5 Å². The average molecular weight is 166 g/mol. The van der Waals surface area contributed by atoms with Crippen molar-refractivity contribution in [2.75, 3.05) is 6.61 Å². The fourth-order valence-electron chi connectivity index (χ4n) is 0.796. The Kier molecular flexibility index (Phi) is 3.33. The number of ether oxygens (including phenoxy) is 1. The quantitative estimate of drug-likeness (QED) is 0.627. The molecule has 2 heteroatoms. The zero-order chi connectivity index (χ0) is 8.81. The lowest BCUT2D eigenvalue weighted by Gasteiger charge is -2.02. The third kappa shape index (κ3) is 2.38. The monoisotopic (exact) mass is 166 g/mol. The van der Waals surface area contributed by atoms with Crippen molar-refractivity contribution in [3.05, 3.63) is 42.2 Å². The standard InChI is InChI=1S/C10H11FO/c1-2-3-8-12-10-7-5-4-6-9(10)11/h2-7H,8H2,1H3. The molecular weight excluding hydrogens is 155 g/mol. The number of hydrogen-bond donors (Lipinski definition) is 0. The van der Waals surface area contributed by atoms with Gasteiger partial charge in [-0.15, -0.1) is 0 Å². The van der Waals surface area contributed by atoms with Gasteiger partial charge in [0.25, 0.3) is 0 Å². The summed E-state index contributed by atoms with van der Waals surface area (Å²) in [6, 6.07) is 6.37. The van der Waals surface area contributed by atoms with Crippen LogP contribution in [-0.2, 0) is 0 Å². The molecule has 1 aromatic carbocycles. The molecule has 0 bridgehead atoms. The molecule has 0 radical (unpaired) electrons. The van der Waals surface area contributed by atoms with Crippen LogP contribution in [0.3, 0.4) is 0 Å². The van der Waals surface area contributed by atoms with Crippen LogP contribution in [0.1, 0.15) is 6.92 Å². The molecule has 1 rings (SSSR count). The van der Waals surface area contributed by atoms with Gasteiger partial charge in [-0.05, 0) is 19.1 Å². The summed E-state index contributed by atoms with van der Waals surface area (Å²) >= 11 is 0. The second-order valence-corrected chi connectivity index (χ2v) is 2.31. The molecule has 0 aromatic heterocycles. The Morgan fingerprint density at radius 3 is 2.83 bits per heavy atom. The molecule has 0 heterocycles. The van der Waals surface area contributed by atoms with E-state index in [9.17, 15) is 4.39 Å². The maximum Gasteiger partial charge on any atom is 0.165 e. The fourth-order valence-corrected chi connectivity index (χ4v) is 0.796. The zero-order valence-corrected chi connectivity index (χ0v) is 6.96. The van der Waals surface area contributed by atoms with Crippen LogP contribution >= 0.6 is 0 Å². The summed E-state index contributed by atoms with van der Waals surface area (Å²) in [6.07, 6.45) is 3.69. The second kappa shape index (κ2) is 4.54. The summed E-state index contributed by atoms with van der Waals surface area (Å²) in [5.41, 5.74) is 0. The Morgan fingerprint density at radius 1 is 1.42 bits per heavy atom. The number of allylic oxidation sites excluding steroid dienone is 1. The summed E-state index contributed by atoms with van der Waals surface area (Å²) < 4.78 is 18.0. The number of para-hydroxylation sites is 1. The van der Waals surface area contributed by atoms with Crippen LogP contribution in [0, 0.1) is 5.82 Å². The van der Waals surface area contributed by atoms with Crippen LogP contribution in [-0.4, -0.2) is 6.61 Å². The molecule has 0 fully saturated rings. The molecular formula is C10H11FO. The van der Waals surface area contributed by atoms with Crippen molar-refractivity contribution in [2.24, 2.45) is 0 Å². The molecule has 1 aromatic rings. The number of halogens is 1. The van der Waals surface area contributed by atoms with Gasteiger partial charge in [0, 0.05) is 0 Å². The molecule has 0 aliphatic heterocycles. The Morgan fingerprint density at radius 2 is 2.17 bits per heavy atom. The van der Waals surface area contributed by atoms with Crippen LogP contribution in [0.2, 0.25) is 0 Å². The minimum atomic E-state index is -0.318. The predicted molar refractivity (Wildman–Crippen MR) is 46.7 cm³/mol. The van der Waals surface area contributed by atoms with Crippen molar-refractivity contribution in [2.45, 2.75) is 6.92 Å². The third-order valence-electron chi connectivity index (χ3n) is 1.41. The summed E-state index contributed by atoms with van der Waals surface area (Å²) in [5.74, 6) is -0.0161. The van der Waals surface area contributed by atoms with Crippen LogP contribution in [0.4, 0.5) is 4.39 Å². The topological polar surface area (TPSA) is 9.23 Å². The molecule has 0 saturated carbocycles. The smallest absolute Gasteiger partial charge is 0.165 e. The highest BCUT2D eigenvalue weighted by Gasteiger charge is 1.98. The first-order valence-electron chi connectivity index (χ1n) is 3.83. The maximum absolute atomic E-state index is 12.9. The number of benzene rings is 1. The molecule has 1 nitrogen and oxygen atoms in total. The van der Waals surface area contributed by atoms with E-state index in [4.69, 9.17) is 4.74 Å². The van der Waals surface area contributed by atoms with E-state index in [1.54, 1.807) is 18.2 Å². The van der Waals surface area contributed by atoms with Gasteiger partial charge in [0.15, 0.2) is 11.6 Å². The van der Waals surface area contributed by atoms with E-state index < -0.39 is 0 Å². The van der Waals surface area contributed by atoms with E-state index in [0.717, 1.165) is 0 Å². The third-order valence-corrected chi connectivity index (χ3v) is 1.41. The summed E-state index contributed by atoms with van der Waals surface area (Å²) in [7, 11) is 0. The lowest BCUT2D eigenvalue weighted by atomic mass is 10.3. The molecule has 12 heavy (non-hydrogen) atoms. The fraction of sp³-hybridized carbons (Fsp3) is 0.200. The highest BCUT2D eigenvalue weighted by molar-refractivity contribution is 5.23. The van der Waals surface area contributed by atoms with E-state index in [1.165, 1.54) is 6.07 Å². The average Bonchev–Trinajstić information content (AvgIpc) is 2.09. The SMILES string of the molecule is CC=CCOc1ccccc1F. The van der Waals surface area contributed by atoms with Crippen molar-refractivity contribution < 1.29 is 9.13 Å². The molecule has 0 unspecified atom stereocenters. The highest BCUT2D eigenvalue weighted by atomic mass is 19.1. The van der Waals surface area contributed by atoms with Crippen LogP contribution in [0.15, 0.2) is 36.4 Å². The molecule has 64 valence electrons. The predicted octanol–water partition coefficient (Wildman–Crippen LogP) is 2.78. The van der Waals surface area contributed by atoms with E-state index in [1.807, 2.05) is 19.1 Å². The normalized spacial score (nSPS) is 10.5. The first-order valence-corrected chi connectivity index (χ1v) is 3.83. The van der Waals surface area contributed by atoms with Crippen LogP contribution in [0.25, 0.3) is 0 Å². The minimum absolute atomic E-state index is 0.301. The van der Waals surface area contributed by atoms with E-state index in [-0.39, 0.29) is 5.82 Å². The van der Waals surface area contributed by atoms with Crippen molar-refractivity contribution >= 4 is 0 Å². The zero-order valence-electron chi connectivity index (χ0n) is 6.96. The van der Waals surface area contributed by atoms with Crippen molar-refractivity contribution in [3.63, 3.8) is 0 Å².